The molecule has 1 rings (SSSR count). The molecule has 4 nitrogen and oxygen atoms in total. The molecule has 0 aliphatic carbocycles. The minimum atomic E-state index is -0.253. The molecule has 0 aromatic rings. The molecule has 1 heterocycles. The van der Waals surface area contributed by atoms with E-state index in [0.717, 1.165) is 31.0 Å². The van der Waals surface area contributed by atoms with E-state index in [1.54, 1.807) is 11.8 Å². The summed E-state index contributed by atoms with van der Waals surface area (Å²) < 4.78 is 0. The second-order valence-corrected chi connectivity index (χ2v) is 3.05. The highest BCUT2D eigenvalue weighted by molar-refractivity contribution is 5.73. The van der Waals surface area contributed by atoms with Crippen LogP contribution in [0.3, 0.4) is 0 Å². The molecule has 0 unspecified atom stereocenters. The third kappa shape index (κ3) is 2.11. The number of nitrogens with zero attached hydrogens (tertiary/aromatic N) is 2. The number of hydrogen-bond donors (Lipinski definition) is 1. The highest BCUT2D eigenvalue weighted by Crippen LogP contribution is 2.09. The summed E-state index contributed by atoms with van der Waals surface area (Å²) in [5, 5.41) is 9.89. The Kier molecular flexibility index (Phi) is 3.34. The molecular formula is C8H16N2O2. The van der Waals surface area contributed by atoms with Crippen LogP contribution in [0.5, 0.6) is 0 Å². The lowest BCUT2D eigenvalue weighted by molar-refractivity contribution is -0.0538. The largest absolute Gasteiger partial charge is 0.343 e. The van der Waals surface area contributed by atoms with Crippen LogP contribution in [0, 0.1) is 0 Å². The summed E-state index contributed by atoms with van der Waals surface area (Å²) in [5.74, 6) is 0. The third-order valence-corrected chi connectivity index (χ3v) is 2.15. The molecule has 0 bridgehead atoms. The van der Waals surface area contributed by atoms with E-state index in [1.165, 1.54) is 6.42 Å². The summed E-state index contributed by atoms with van der Waals surface area (Å²) >= 11 is 0. The van der Waals surface area contributed by atoms with Gasteiger partial charge in [0.2, 0.25) is 0 Å². The maximum atomic E-state index is 11.3. The van der Waals surface area contributed by atoms with Crippen molar-refractivity contribution in [1.82, 2.24) is 9.96 Å². The van der Waals surface area contributed by atoms with Gasteiger partial charge >= 0.3 is 6.03 Å². The van der Waals surface area contributed by atoms with Crippen molar-refractivity contribution in [3.05, 3.63) is 0 Å². The molecule has 0 aromatic carbocycles. The molecule has 1 saturated heterocycles. The van der Waals surface area contributed by atoms with Crippen molar-refractivity contribution in [3.8, 4) is 0 Å². The molecule has 4 heteroatoms. The first-order chi connectivity index (χ1) is 5.75. The van der Waals surface area contributed by atoms with E-state index in [-0.39, 0.29) is 6.03 Å². The minimum Gasteiger partial charge on any atom is -0.323 e. The van der Waals surface area contributed by atoms with Gasteiger partial charge < -0.3 is 4.90 Å². The second kappa shape index (κ2) is 4.30. The van der Waals surface area contributed by atoms with Gasteiger partial charge in [-0.05, 0) is 26.2 Å². The van der Waals surface area contributed by atoms with Crippen LogP contribution >= 0.6 is 0 Å². The van der Waals surface area contributed by atoms with Crippen molar-refractivity contribution in [3.63, 3.8) is 0 Å². The monoisotopic (exact) mass is 172 g/mol. The highest BCUT2D eigenvalue weighted by Gasteiger charge is 2.19. The molecule has 0 atom stereocenters. The summed E-state index contributed by atoms with van der Waals surface area (Å²) in [6.07, 6.45) is 3.31. The molecule has 1 aliphatic rings. The van der Waals surface area contributed by atoms with Crippen molar-refractivity contribution in [2.45, 2.75) is 26.2 Å². The van der Waals surface area contributed by atoms with Gasteiger partial charge in [0.25, 0.3) is 0 Å². The fourth-order valence-corrected chi connectivity index (χ4v) is 1.38. The van der Waals surface area contributed by atoms with Crippen molar-refractivity contribution in [2.24, 2.45) is 0 Å². The minimum absolute atomic E-state index is 0.253. The zero-order valence-corrected chi connectivity index (χ0v) is 7.49. The predicted octanol–water partition coefficient (Wildman–Crippen LogP) is 1.30. The maximum Gasteiger partial charge on any atom is 0.343 e. The van der Waals surface area contributed by atoms with Crippen LogP contribution in [-0.4, -0.2) is 40.8 Å². The van der Waals surface area contributed by atoms with Gasteiger partial charge in [-0.2, -0.15) is 0 Å². The summed E-state index contributed by atoms with van der Waals surface area (Å²) in [7, 11) is 0. The molecular weight excluding hydrogens is 156 g/mol. The normalized spacial score (nSPS) is 17.7. The van der Waals surface area contributed by atoms with Gasteiger partial charge in [-0.3, -0.25) is 5.21 Å². The topological polar surface area (TPSA) is 43.8 Å². The number of urea groups is 1. The first kappa shape index (κ1) is 9.32. The van der Waals surface area contributed by atoms with Crippen LogP contribution in [0.25, 0.3) is 0 Å². The number of hydrogen-bond acceptors (Lipinski definition) is 2. The number of carbonyl (C=O) groups is 1. The maximum absolute atomic E-state index is 11.3. The van der Waals surface area contributed by atoms with E-state index in [0.29, 0.717) is 6.54 Å². The third-order valence-electron chi connectivity index (χ3n) is 2.15. The number of amides is 2. The Morgan fingerprint density at radius 2 is 2.00 bits per heavy atom. The SMILES string of the molecule is CCN(O)C(=O)N1CCCCC1. The van der Waals surface area contributed by atoms with Gasteiger partial charge in [0.1, 0.15) is 0 Å². The standard InChI is InChI=1S/C8H16N2O2/c1-2-10(12)8(11)9-6-4-3-5-7-9/h12H,2-7H2,1H3. The molecule has 1 fully saturated rings. The summed E-state index contributed by atoms with van der Waals surface area (Å²) in [4.78, 5) is 13.0. The predicted molar refractivity (Wildman–Crippen MR) is 45.0 cm³/mol. The zero-order valence-electron chi connectivity index (χ0n) is 7.49. The first-order valence-corrected chi connectivity index (χ1v) is 4.51. The van der Waals surface area contributed by atoms with Crippen LogP contribution < -0.4 is 0 Å². The lowest BCUT2D eigenvalue weighted by Gasteiger charge is -2.29. The lowest BCUT2D eigenvalue weighted by atomic mass is 10.1. The number of likely N-dealkylation sites (tertiary alicyclic amines) is 1. The Labute approximate surface area is 72.7 Å². The van der Waals surface area contributed by atoms with E-state index >= 15 is 0 Å². The van der Waals surface area contributed by atoms with E-state index in [4.69, 9.17) is 5.21 Å². The molecule has 1 N–H and O–H groups in total. The van der Waals surface area contributed by atoms with Gasteiger partial charge in [0.15, 0.2) is 0 Å². The van der Waals surface area contributed by atoms with Crippen LogP contribution in [0.1, 0.15) is 26.2 Å². The average Bonchev–Trinajstić information content (AvgIpc) is 2.17. The fraction of sp³-hybridized carbons (Fsp3) is 0.875. The van der Waals surface area contributed by atoms with Crippen molar-refractivity contribution < 1.29 is 10.0 Å². The van der Waals surface area contributed by atoms with E-state index in [1.807, 2.05) is 0 Å². The zero-order chi connectivity index (χ0) is 8.97. The molecule has 0 radical (unpaired) electrons. The van der Waals surface area contributed by atoms with Crippen molar-refractivity contribution in [1.29, 1.82) is 0 Å². The van der Waals surface area contributed by atoms with Crippen LogP contribution in [0.2, 0.25) is 0 Å². The Bertz CT molecular complexity index is 155. The summed E-state index contributed by atoms with van der Waals surface area (Å²) in [6.45, 7) is 3.68. The number of hydroxylamine groups is 2. The molecule has 0 saturated carbocycles. The Morgan fingerprint density at radius 1 is 1.42 bits per heavy atom. The summed E-state index contributed by atoms with van der Waals surface area (Å²) in [5.41, 5.74) is 0. The second-order valence-electron chi connectivity index (χ2n) is 3.05. The van der Waals surface area contributed by atoms with Gasteiger partial charge in [0.05, 0.1) is 0 Å². The van der Waals surface area contributed by atoms with E-state index in [2.05, 4.69) is 0 Å². The average molecular weight is 172 g/mol. The smallest absolute Gasteiger partial charge is 0.323 e. The Balaban J connectivity index is 2.39. The van der Waals surface area contributed by atoms with Gasteiger partial charge in [0, 0.05) is 19.6 Å². The van der Waals surface area contributed by atoms with Gasteiger partial charge in [-0.1, -0.05) is 0 Å². The molecule has 12 heavy (non-hydrogen) atoms. The van der Waals surface area contributed by atoms with Crippen LogP contribution in [0.15, 0.2) is 0 Å². The van der Waals surface area contributed by atoms with Crippen LogP contribution in [-0.2, 0) is 0 Å². The van der Waals surface area contributed by atoms with E-state index < -0.39 is 0 Å². The molecule has 0 aromatic heterocycles. The number of piperidine rings is 1. The van der Waals surface area contributed by atoms with Crippen molar-refractivity contribution in [2.75, 3.05) is 19.6 Å². The Hall–Kier alpha value is -0.770. The van der Waals surface area contributed by atoms with Gasteiger partial charge in [-0.25, -0.2) is 9.86 Å². The molecule has 70 valence electrons. The lowest BCUT2D eigenvalue weighted by Crippen LogP contribution is -2.43. The fourth-order valence-electron chi connectivity index (χ4n) is 1.38. The first-order valence-electron chi connectivity index (χ1n) is 4.51. The summed E-state index contributed by atoms with van der Waals surface area (Å²) in [6, 6.07) is -0.253. The highest BCUT2D eigenvalue weighted by atomic mass is 16.5. The number of carbonyl (C=O) groups excluding carboxylic acids is 1. The van der Waals surface area contributed by atoms with Gasteiger partial charge in [-0.15, -0.1) is 0 Å². The molecule has 0 spiro atoms. The van der Waals surface area contributed by atoms with E-state index in [9.17, 15) is 4.79 Å². The quantitative estimate of drug-likeness (QED) is 0.478. The molecule has 1 aliphatic heterocycles. The Morgan fingerprint density at radius 3 is 2.50 bits per heavy atom. The van der Waals surface area contributed by atoms with Crippen molar-refractivity contribution >= 4 is 6.03 Å². The number of rotatable bonds is 1. The molecule has 2 amide bonds. The van der Waals surface area contributed by atoms with Crippen LogP contribution in [0.4, 0.5) is 4.79 Å².